The Balaban J connectivity index is 1.87. The van der Waals surface area contributed by atoms with Crippen molar-refractivity contribution in [2.45, 2.75) is 12.8 Å². The maximum absolute atomic E-state index is 11.0. The number of hydrogen-bond acceptors (Lipinski definition) is 9. The zero-order chi connectivity index (χ0) is 18.9. The molecule has 134 valence electrons. The Hall–Kier alpha value is -3.57. The molecule has 11 heteroatoms. The Morgan fingerprint density at radius 2 is 1.81 bits per heavy atom. The van der Waals surface area contributed by atoms with Gasteiger partial charge in [-0.15, -0.1) is 0 Å². The molecule has 0 aliphatic rings. The summed E-state index contributed by atoms with van der Waals surface area (Å²) in [6, 6.07) is 8.56. The number of carbonyl (C=O) groups is 1. The number of anilines is 2. The van der Waals surface area contributed by atoms with Gasteiger partial charge in [-0.2, -0.15) is 0 Å². The van der Waals surface area contributed by atoms with Gasteiger partial charge in [0.1, 0.15) is 0 Å². The fraction of sp³-hybridized carbons (Fsp3) is 0.133. The predicted octanol–water partition coefficient (Wildman–Crippen LogP) is 1.11. The lowest BCUT2D eigenvalue weighted by Crippen LogP contribution is -2.44. The van der Waals surface area contributed by atoms with Gasteiger partial charge in [-0.25, -0.2) is 4.63 Å². The Labute approximate surface area is 145 Å². The highest BCUT2D eigenvalue weighted by Crippen LogP contribution is 2.31. The summed E-state index contributed by atoms with van der Waals surface area (Å²) in [6.07, 6.45) is 0. The number of rotatable bonds is 5. The molecule has 0 unspecified atom stereocenters. The van der Waals surface area contributed by atoms with Crippen molar-refractivity contribution in [2.75, 3.05) is 5.32 Å². The largest absolute Gasteiger partial charge is 0.354 e. The first-order valence-corrected chi connectivity index (χ1v) is 7.28. The average Bonchev–Trinajstić information content (AvgIpc) is 3.04. The van der Waals surface area contributed by atoms with Gasteiger partial charge in [-0.3, -0.25) is 14.9 Å². The summed E-state index contributed by atoms with van der Waals surface area (Å²) in [4.78, 5) is 21.4. The second-order valence-electron chi connectivity index (χ2n) is 5.41. The molecule has 3 rings (SSSR count). The van der Waals surface area contributed by atoms with Gasteiger partial charge < -0.3 is 20.8 Å². The van der Waals surface area contributed by atoms with Gasteiger partial charge in [-0.1, -0.05) is 0 Å². The molecule has 11 nitrogen and oxygen atoms in total. The molecule has 4 N–H and O–H groups in total. The van der Waals surface area contributed by atoms with E-state index < -0.39 is 16.7 Å². The molecule has 1 amide bonds. The van der Waals surface area contributed by atoms with Crippen LogP contribution < -0.4 is 10.6 Å². The van der Waals surface area contributed by atoms with Crippen molar-refractivity contribution in [3.05, 3.63) is 52.1 Å². The number of aliphatic hydroxyl groups is 2. The fourth-order valence-corrected chi connectivity index (χ4v) is 2.36. The number of aromatic nitrogens is 2. The van der Waals surface area contributed by atoms with E-state index in [1.165, 1.54) is 36.4 Å². The number of non-ortho nitro benzene ring substituents is 1. The lowest BCUT2D eigenvalue weighted by atomic mass is 10.1. The molecule has 0 saturated carbocycles. The van der Waals surface area contributed by atoms with E-state index in [2.05, 4.69) is 20.3 Å². The fourth-order valence-electron chi connectivity index (χ4n) is 2.36. The number of nitro benzene ring substituents is 1. The third-order valence-electron chi connectivity index (χ3n) is 3.51. The minimum absolute atomic E-state index is 0.00649. The number of nitrogens with one attached hydrogen (secondary N) is 2. The van der Waals surface area contributed by atoms with E-state index in [1.54, 1.807) is 0 Å². The summed E-state index contributed by atoms with van der Waals surface area (Å²) in [6.45, 7) is 1.16. The second-order valence-corrected chi connectivity index (χ2v) is 5.41. The Kier molecular flexibility index (Phi) is 4.24. The first-order valence-electron chi connectivity index (χ1n) is 7.28. The molecule has 0 bridgehead atoms. The van der Waals surface area contributed by atoms with Crippen LogP contribution >= 0.6 is 0 Å². The molecular formula is C15H13N5O6. The maximum atomic E-state index is 11.0. The van der Waals surface area contributed by atoms with Crippen molar-refractivity contribution < 1.29 is 24.6 Å². The van der Waals surface area contributed by atoms with E-state index >= 15 is 0 Å². The van der Waals surface area contributed by atoms with Crippen molar-refractivity contribution >= 4 is 34.0 Å². The molecule has 0 spiro atoms. The molecule has 0 aliphatic carbocycles. The highest BCUT2D eigenvalue weighted by atomic mass is 16.6. The van der Waals surface area contributed by atoms with Crippen LogP contribution in [0.5, 0.6) is 0 Å². The average molecular weight is 359 g/mol. The molecule has 0 fully saturated rings. The van der Waals surface area contributed by atoms with E-state index in [9.17, 15) is 25.1 Å². The first-order chi connectivity index (χ1) is 12.3. The molecular weight excluding hydrogens is 346 g/mol. The summed E-state index contributed by atoms with van der Waals surface area (Å²) in [7, 11) is 0. The van der Waals surface area contributed by atoms with Gasteiger partial charge >= 0.3 is 5.69 Å². The number of carbonyl (C=O) groups excluding carboxylic acids is 1. The van der Waals surface area contributed by atoms with Gasteiger partial charge in [0, 0.05) is 24.2 Å². The Morgan fingerprint density at radius 1 is 1.15 bits per heavy atom. The van der Waals surface area contributed by atoms with Crippen molar-refractivity contribution in [3.8, 4) is 0 Å². The standard InChI is InChI=1S/C15H13N5O6/c1-8(21)17-15(22,23)9-2-4-10(5-3-9)16-11-6-7-12(20(24)25)14-13(11)18-26-19-14/h2-7,16,22-23H,1H3,(H,17,21). The minimum Gasteiger partial charge on any atom is -0.354 e. The van der Waals surface area contributed by atoms with Crippen LogP contribution in [0.2, 0.25) is 0 Å². The van der Waals surface area contributed by atoms with E-state index in [4.69, 9.17) is 0 Å². The molecule has 0 saturated heterocycles. The molecule has 2 aromatic carbocycles. The Morgan fingerprint density at radius 3 is 2.42 bits per heavy atom. The van der Waals surface area contributed by atoms with Gasteiger partial charge in [0.2, 0.25) is 11.4 Å². The summed E-state index contributed by atoms with van der Waals surface area (Å²) in [5, 5.41) is 42.9. The molecule has 0 atom stereocenters. The normalized spacial score (nSPS) is 11.3. The van der Waals surface area contributed by atoms with Gasteiger partial charge in [0.05, 0.1) is 10.6 Å². The van der Waals surface area contributed by atoms with Crippen LogP contribution in [0.25, 0.3) is 11.0 Å². The van der Waals surface area contributed by atoms with Crippen LogP contribution in [0.3, 0.4) is 0 Å². The summed E-state index contributed by atoms with van der Waals surface area (Å²) in [5.41, 5.74) is 0.955. The van der Waals surface area contributed by atoms with E-state index in [0.717, 1.165) is 6.92 Å². The van der Waals surface area contributed by atoms with Crippen molar-refractivity contribution in [1.29, 1.82) is 0 Å². The van der Waals surface area contributed by atoms with Crippen molar-refractivity contribution in [1.82, 2.24) is 15.6 Å². The SMILES string of the molecule is CC(=O)NC(O)(O)c1ccc(Nc2ccc([N+](=O)[O-])c3nonc23)cc1. The van der Waals surface area contributed by atoms with Crippen LogP contribution in [0, 0.1) is 10.1 Å². The minimum atomic E-state index is -2.50. The maximum Gasteiger partial charge on any atom is 0.300 e. The first kappa shape index (κ1) is 17.3. The molecule has 0 radical (unpaired) electrons. The zero-order valence-electron chi connectivity index (χ0n) is 13.3. The van der Waals surface area contributed by atoms with Crippen molar-refractivity contribution in [2.24, 2.45) is 0 Å². The number of fused-ring (bicyclic) bond motifs is 1. The number of nitrogens with zero attached hydrogens (tertiary/aromatic N) is 3. The number of hydrogen-bond donors (Lipinski definition) is 4. The molecule has 1 aromatic heterocycles. The van der Waals surface area contributed by atoms with E-state index in [1.807, 2.05) is 5.32 Å². The molecule has 26 heavy (non-hydrogen) atoms. The Bertz CT molecular complexity index is 982. The smallest absolute Gasteiger partial charge is 0.300 e. The van der Waals surface area contributed by atoms with Crippen molar-refractivity contribution in [3.63, 3.8) is 0 Å². The lowest BCUT2D eigenvalue weighted by molar-refractivity contribution is -0.383. The van der Waals surface area contributed by atoms with Crippen LogP contribution in [-0.4, -0.2) is 31.4 Å². The molecule has 3 aromatic rings. The van der Waals surface area contributed by atoms with Gasteiger partial charge in [0.25, 0.3) is 5.91 Å². The number of nitro groups is 1. The van der Waals surface area contributed by atoms with Crippen LogP contribution in [-0.2, 0) is 10.7 Å². The quantitative estimate of drug-likeness (QED) is 0.297. The van der Waals surface area contributed by atoms with Crippen LogP contribution in [0.1, 0.15) is 12.5 Å². The summed E-state index contributed by atoms with van der Waals surface area (Å²) in [5.74, 6) is -3.11. The summed E-state index contributed by atoms with van der Waals surface area (Å²) >= 11 is 0. The zero-order valence-corrected chi connectivity index (χ0v) is 13.3. The lowest BCUT2D eigenvalue weighted by Gasteiger charge is -2.22. The van der Waals surface area contributed by atoms with E-state index in [0.29, 0.717) is 11.4 Å². The monoisotopic (exact) mass is 359 g/mol. The van der Waals surface area contributed by atoms with E-state index in [-0.39, 0.29) is 22.3 Å². The number of amides is 1. The third kappa shape index (κ3) is 3.29. The van der Waals surface area contributed by atoms with Gasteiger partial charge in [0.15, 0.2) is 5.52 Å². The highest BCUT2D eigenvalue weighted by Gasteiger charge is 2.26. The molecule has 0 aliphatic heterocycles. The van der Waals surface area contributed by atoms with Crippen LogP contribution in [0.15, 0.2) is 41.0 Å². The molecule has 1 heterocycles. The topological polar surface area (TPSA) is 164 Å². The van der Waals surface area contributed by atoms with Gasteiger partial charge in [-0.05, 0) is 40.6 Å². The van der Waals surface area contributed by atoms with Crippen LogP contribution in [0.4, 0.5) is 17.1 Å². The summed E-state index contributed by atoms with van der Waals surface area (Å²) < 4.78 is 4.58. The number of benzene rings is 2. The third-order valence-corrected chi connectivity index (χ3v) is 3.51. The second kappa shape index (κ2) is 6.38. The highest BCUT2D eigenvalue weighted by molar-refractivity contribution is 5.94. The predicted molar refractivity (Wildman–Crippen MR) is 88.1 cm³/mol.